The number of ether oxygens (including phenoxy) is 6. The van der Waals surface area contributed by atoms with Crippen molar-refractivity contribution in [2.24, 2.45) is 0 Å². The molecule has 0 fully saturated rings. The third-order valence-corrected chi connectivity index (χ3v) is 6.87. The summed E-state index contributed by atoms with van der Waals surface area (Å²) >= 11 is 0. The number of benzene rings is 1. The van der Waals surface area contributed by atoms with Gasteiger partial charge in [0.05, 0.1) is 59.5 Å². The van der Waals surface area contributed by atoms with Crippen LogP contribution >= 0.6 is 0 Å². The maximum atomic E-state index is 5.68. The van der Waals surface area contributed by atoms with E-state index in [1.165, 1.54) is 96.3 Å². The van der Waals surface area contributed by atoms with Crippen LogP contribution in [-0.4, -0.2) is 72.7 Å². The Morgan fingerprint density at radius 1 is 0.350 bits per heavy atom. The first-order valence-corrected chi connectivity index (χ1v) is 16.5. The third-order valence-electron chi connectivity index (χ3n) is 6.87. The lowest BCUT2D eigenvalue weighted by atomic mass is 10.0. The lowest BCUT2D eigenvalue weighted by Gasteiger charge is -2.08. The highest BCUT2D eigenvalue weighted by molar-refractivity contribution is 5.20. The molecule has 0 saturated carbocycles. The topological polar surface area (TPSA) is 55.4 Å². The van der Waals surface area contributed by atoms with Gasteiger partial charge in [0.1, 0.15) is 12.4 Å². The fraction of sp³-hybridized carbons (Fsp3) is 0.824. The second kappa shape index (κ2) is 32.3. The molecule has 0 saturated heterocycles. The predicted octanol–water partition coefficient (Wildman–Crippen LogP) is 8.41. The number of hydrogen-bond acceptors (Lipinski definition) is 6. The summed E-state index contributed by atoms with van der Waals surface area (Å²) in [6.45, 7) is 8.93. The maximum Gasteiger partial charge on any atom is 0.119 e. The van der Waals surface area contributed by atoms with Crippen LogP contribution in [0.2, 0.25) is 0 Å². The van der Waals surface area contributed by atoms with Crippen LogP contribution in [0.25, 0.3) is 0 Å². The summed E-state index contributed by atoms with van der Waals surface area (Å²) in [5.41, 5.74) is 0. The van der Waals surface area contributed by atoms with E-state index in [0.717, 1.165) is 18.8 Å². The smallest absolute Gasteiger partial charge is 0.119 e. The predicted molar refractivity (Wildman–Crippen MR) is 166 cm³/mol. The fourth-order valence-electron chi connectivity index (χ4n) is 4.47. The van der Waals surface area contributed by atoms with Crippen LogP contribution < -0.4 is 4.74 Å². The van der Waals surface area contributed by atoms with Crippen molar-refractivity contribution in [3.63, 3.8) is 0 Å². The van der Waals surface area contributed by atoms with Gasteiger partial charge in [-0.2, -0.15) is 0 Å². The van der Waals surface area contributed by atoms with E-state index in [-0.39, 0.29) is 0 Å². The molecule has 1 aromatic carbocycles. The van der Waals surface area contributed by atoms with E-state index < -0.39 is 0 Å². The SMILES string of the molecule is CCCCCCCCCCCCCCCCCCOCCOCCOCCOCCOCCOc1ccccc1. The van der Waals surface area contributed by atoms with E-state index in [9.17, 15) is 0 Å². The highest BCUT2D eigenvalue weighted by Gasteiger charge is 1.97. The molecule has 40 heavy (non-hydrogen) atoms. The summed E-state index contributed by atoms with van der Waals surface area (Å²) in [5, 5.41) is 0. The highest BCUT2D eigenvalue weighted by atomic mass is 16.6. The van der Waals surface area contributed by atoms with Gasteiger partial charge in [-0.3, -0.25) is 0 Å². The van der Waals surface area contributed by atoms with E-state index >= 15 is 0 Å². The van der Waals surface area contributed by atoms with Crippen molar-refractivity contribution in [2.45, 2.75) is 110 Å². The minimum absolute atomic E-state index is 0.539. The lowest BCUT2D eigenvalue weighted by molar-refractivity contribution is -0.0128. The van der Waals surface area contributed by atoms with E-state index in [2.05, 4.69) is 6.92 Å². The molecule has 0 unspecified atom stereocenters. The van der Waals surface area contributed by atoms with Crippen LogP contribution in [0.5, 0.6) is 5.75 Å². The van der Waals surface area contributed by atoms with Gasteiger partial charge in [0.15, 0.2) is 0 Å². The minimum atomic E-state index is 0.539. The zero-order valence-corrected chi connectivity index (χ0v) is 25.9. The first-order chi connectivity index (χ1) is 19.9. The molecule has 0 aliphatic rings. The minimum Gasteiger partial charge on any atom is -0.491 e. The normalized spacial score (nSPS) is 11.3. The summed E-state index contributed by atoms with van der Waals surface area (Å²) in [5.74, 6) is 0.863. The Labute approximate surface area is 246 Å². The van der Waals surface area contributed by atoms with Crippen molar-refractivity contribution in [1.82, 2.24) is 0 Å². The molecule has 0 atom stereocenters. The van der Waals surface area contributed by atoms with E-state index in [4.69, 9.17) is 28.4 Å². The monoisotopic (exact) mass is 566 g/mol. The molecular weight excluding hydrogens is 504 g/mol. The zero-order chi connectivity index (χ0) is 28.4. The number of rotatable bonds is 33. The zero-order valence-electron chi connectivity index (χ0n) is 25.9. The van der Waals surface area contributed by atoms with Crippen LogP contribution in [0, 0.1) is 0 Å². The van der Waals surface area contributed by atoms with Crippen LogP contribution in [0.15, 0.2) is 30.3 Å². The molecule has 6 nitrogen and oxygen atoms in total. The van der Waals surface area contributed by atoms with Crippen molar-refractivity contribution in [1.29, 1.82) is 0 Å². The van der Waals surface area contributed by atoms with Gasteiger partial charge < -0.3 is 28.4 Å². The molecule has 0 bridgehead atoms. The van der Waals surface area contributed by atoms with Crippen molar-refractivity contribution < 1.29 is 28.4 Å². The molecule has 1 aromatic rings. The van der Waals surface area contributed by atoms with Crippen molar-refractivity contribution in [3.8, 4) is 5.75 Å². The van der Waals surface area contributed by atoms with Gasteiger partial charge in [0, 0.05) is 6.61 Å². The molecule has 0 amide bonds. The summed E-state index contributed by atoms with van der Waals surface area (Å²) in [6, 6.07) is 9.75. The Balaban J connectivity index is 1.62. The van der Waals surface area contributed by atoms with Crippen LogP contribution in [-0.2, 0) is 23.7 Å². The molecular formula is C34H62O6. The lowest BCUT2D eigenvalue weighted by Crippen LogP contribution is -2.14. The largest absolute Gasteiger partial charge is 0.491 e. The summed E-state index contributed by atoms with van der Waals surface area (Å²) in [6.07, 6.45) is 22.3. The quantitative estimate of drug-likeness (QED) is 0.0796. The molecule has 6 heteroatoms. The van der Waals surface area contributed by atoms with Crippen LogP contribution in [0.4, 0.5) is 0 Å². The van der Waals surface area contributed by atoms with Crippen LogP contribution in [0.1, 0.15) is 110 Å². The van der Waals surface area contributed by atoms with E-state index in [0.29, 0.717) is 66.1 Å². The van der Waals surface area contributed by atoms with Gasteiger partial charge in [-0.15, -0.1) is 0 Å². The maximum absolute atomic E-state index is 5.68. The van der Waals surface area contributed by atoms with Gasteiger partial charge in [0.25, 0.3) is 0 Å². The summed E-state index contributed by atoms with van der Waals surface area (Å²) < 4.78 is 33.3. The number of para-hydroxylation sites is 1. The van der Waals surface area contributed by atoms with Gasteiger partial charge >= 0.3 is 0 Å². The average molecular weight is 567 g/mol. The van der Waals surface area contributed by atoms with Crippen molar-refractivity contribution in [3.05, 3.63) is 30.3 Å². The Morgan fingerprint density at radius 3 is 1.07 bits per heavy atom. The van der Waals surface area contributed by atoms with E-state index in [1.54, 1.807) is 0 Å². The molecule has 0 aliphatic carbocycles. The molecule has 0 spiro atoms. The van der Waals surface area contributed by atoms with Gasteiger partial charge in [0.2, 0.25) is 0 Å². The van der Waals surface area contributed by atoms with E-state index in [1.807, 2.05) is 30.3 Å². The second-order valence-corrected chi connectivity index (χ2v) is 10.5. The Morgan fingerprint density at radius 2 is 0.675 bits per heavy atom. The fourth-order valence-corrected chi connectivity index (χ4v) is 4.47. The van der Waals surface area contributed by atoms with Crippen molar-refractivity contribution in [2.75, 3.05) is 72.7 Å². The van der Waals surface area contributed by atoms with Gasteiger partial charge in [-0.1, -0.05) is 121 Å². The molecule has 0 radical (unpaired) electrons. The Bertz CT molecular complexity index is 585. The van der Waals surface area contributed by atoms with Crippen LogP contribution in [0.3, 0.4) is 0 Å². The highest BCUT2D eigenvalue weighted by Crippen LogP contribution is 2.13. The summed E-state index contributed by atoms with van der Waals surface area (Å²) in [7, 11) is 0. The number of unbranched alkanes of at least 4 members (excludes halogenated alkanes) is 15. The Hall–Kier alpha value is -1.18. The summed E-state index contributed by atoms with van der Waals surface area (Å²) in [4.78, 5) is 0. The molecule has 0 aromatic heterocycles. The second-order valence-electron chi connectivity index (χ2n) is 10.5. The number of hydrogen-bond donors (Lipinski definition) is 0. The molecule has 0 N–H and O–H groups in total. The Kier molecular flexibility index (Phi) is 29.8. The third kappa shape index (κ3) is 28.4. The molecule has 0 aliphatic heterocycles. The molecule has 234 valence electrons. The average Bonchev–Trinajstić information content (AvgIpc) is 2.98. The molecule has 0 heterocycles. The van der Waals surface area contributed by atoms with Gasteiger partial charge in [-0.25, -0.2) is 0 Å². The van der Waals surface area contributed by atoms with Crippen molar-refractivity contribution >= 4 is 0 Å². The first-order valence-electron chi connectivity index (χ1n) is 16.5. The molecule has 1 rings (SSSR count). The first kappa shape index (κ1) is 36.8. The standard InChI is InChI=1S/C34H62O6/c1-2-3-4-5-6-7-8-9-10-11-12-13-14-15-16-20-23-35-24-25-36-26-27-37-28-29-38-30-31-39-32-33-40-34-21-18-17-19-22-34/h17-19,21-22H,2-16,20,23-33H2,1H3. The van der Waals surface area contributed by atoms with Gasteiger partial charge in [-0.05, 0) is 18.6 Å².